The molecule has 0 unspecified atom stereocenters. The minimum absolute atomic E-state index is 0.0347. The molecule has 7 heteroatoms. The van der Waals surface area contributed by atoms with Crippen molar-refractivity contribution in [3.63, 3.8) is 0 Å². The highest BCUT2D eigenvalue weighted by molar-refractivity contribution is 7.80. The molecule has 5 atom stereocenters. The summed E-state index contributed by atoms with van der Waals surface area (Å²) in [6, 6.07) is -0.587. The van der Waals surface area contributed by atoms with Crippen molar-refractivity contribution in [3.8, 4) is 0 Å². The summed E-state index contributed by atoms with van der Waals surface area (Å²) in [5.41, 5.74) is 0. The minimum atomic E-state index is -1.44. The van der Waals surface area contributed by atoms with E-state index in [-0.39, 0.29) is 11.8 Å². The summed E-state index contributed by atoms with van der Waals surface area (Å²) >= 11 is 4.78. The van der Waals surface area contributed by atoms with Gasteiger partial charge in [0.25, 0.3) is 5.17 Å². The molecule has 0 saturated carbocycles. The second-order valence-corrected chi connectivity index (χ2v) is 3.79. The number of nitrogens with zero attached hydrogens (tertiary/aromatic N) is 1. The Hall–Kier alpha value is -0.470. The molecule has 4 N–H and O–H groups in total. The first kappa shape index (κ1) is 10.1. The smallest absolute Gasteiger partial charge is 0.261 e. The number of thiocarbonyl (C=S) groups is 1. The number of hydrogen-bond acceptors (Lipinski definition) is 6. The maximum absolute atomic E-state index is 9.55. The molecule has 0 spiro atoms. The highest BCUT2D eigenvalue weighted by Gasteiger charge is 2.51. The average molecular weight is 221 g/mol. The van der Waals surface area contributed by atoms with E-state index in [1.54, 1.807) is 0 Å². The van der Waals surface area contributed by atoms with Crippen molar-refractivity contribution < 1.29 is 25.2 Å². The van der Waals surface area contributed by atoms with Gasteiger partial charge in [-0.3, -0.25) is 4.90 Å². The summed E-state index contributed by atoms with van der Waals surface area (Å²) in [5.74, 6) is 0. The zero-order chi connectivity index (χ0) is 10.5. The molecule has 2 aliphatic heterocycles. The first-order chi connectivity index (χ1) is 6.54. The van der Waals surface area contributed by atoms with Crippen LogP contribution >= 0.6 is 12.2 Å². The summed E-state index contributed by atoms with van der Waals surface area (Å²) in [4.78, 5) is 1.21. The number of fused-ring (bicyclic) bond motifs is 1. The second kappa shape index (κ2) is 3.28. The molecule has 6 nitrogen and oxygen atoms in total. The van der Waals surface area contributed by atoms with E-state index in [4.69, 9.17) is 17.0 Å². The molecule has 80 valence electrons. The van der Waals surface area contributed by atoms with Crippen molar-refractivity contribution in [2.75, 3.05) is 6.61 Å². The lowest BCUT2D eigenvalue weighted by atomic mass is 9.94. The van der Waals surface area contributed by atoms with E-state index in [2.05, 4.69) is 0 Å². The van der Waals surface area contributed by atoms with E-state index in [9.17, 15) is 20.4 Å². The lowest BCUT2D eigenvalue weighted by molar-refractivity contribution is -0.190. The quantitative estimate of drug-likeness (QED) is 0.333. The van der Waals surface area contributed by atoms with Gasteiger partial charge < -0.3 is 25.2 Å². The first-order valence-corrected chi connectivity index (χ1v) is 4.62. The van der Waals surface area contributed by atoms with Crippen LogP contribution in [0.4, 0.5) is 0 Å². The van der Waals surface area contributed by atoms with Crippen LogP contribution in [0.25, 0.3) is 0 Å². The van der Waals surface area contributed by atoms with Gasteiger partial charge in [0.05, 0.1) is 6.04 Å². The van der Waals surface area contributed by atoms with Gasteiger partial charge in [0.15, 0.2) is 6.23 Å². The van der Waals surface area contributed by atoms with Gasteiger partial charge in [-0.15, -0.1) is 0 Å². The van der Waals surface area contributed by atoms with Gasteiger partial charge >= 0.3 is 0 Å². The molecule has 0 aliphatic carbocycles. The monoisotopic (exact) mass is 221 g/mol. The van der Waals surface area contributed by atoms with E-state index in [1.807, 2.05) is 0 Å². The van der Waals surface area contributed by atoms with E-state index in [1.165, 1.54) is 4.90 Å². The molecule has 14 heavy (non-hydrogen) atoms. The fourth-order valence-corrected chi connectivity index (χ4v) is 2.10. The number of hydrogen-bond donors (Lipinski definition) is 4. The van der Waals surface area contributed by atoms with Crippen LogP contribution in [-0.4, -0.2) is 67.7 Å². The molecule has 0 radical (unpaired) electrons. The molecule has 0 aromatic rings. The third-order valence-electron chi connectivity index (χ3n) is 2.63. The van der Waals surface area contributed by atoms with Gasteiger partial charge in [-0.25, -0.2) is 0 Å². The van der Waals surface area contributed by atoms with Gasteiger partial charge in [-0.2, -0.15) is 0 Å². The van der Waals surface area contributed by atoms with Crippen molar-refractivity contribution in [1.29, 1.82) is 0 Å². The number of aliphatic hydroxyl groups is 4. The fraction of sp³-hybridized carbons (Fsp3) is 0.857. The maximum atomic E-state index is 9.55. The SMILES string of the molecule is O[C@@H]1[C@H](O)[C@H](O)N2C(=S)OC[C@H]2[C@H]1O. The second-order valence-electron chi connectivity index (χ2n) is 3.44. The molecule has 2 heterocycles. The van der Waals surface area contributed by atoms with E-state index in [0.29, 0.717) is 0 Å². The predicted octanol–water partition coefficient (Wildman–Crippen LogP) is -2.61. The lowest BCUT2D eigenvalue weighted by Crippen LogP contribution is -2.65. The Kier molecular flexibility index (Phi) is 2.36. The summed E-state index contributed by atoms with van der Waals surface area (Å²) in [5, 5.41) is 37.9. The zero-order valence-corrected chi connectivity index (χ0v) is 7.96. The van der Waals surface area contributed by atoms with E-state index < -0.39 is 30.6 Å². The number of piperidine rings is 1. The van der Waals surface area contributed by atoms with Crippen LogP contribution in [-0.2, 0) is 4.74 Å². The van der Waals surface area contributed by atoms with Crippen molar-refractivity contribution in [1.82, 2.24) is 4.90 Å². The standard InChI is InChI=1S/C7H11NO5S/c9-3-2-1-13-7(14)8(2)6(12)5(11)4(3)10/h2-6,9-12H,1H2/t2-,3+,4-,5-,6-/m0/s1. The number of aliphatic hydroxyl groups excluding tert-OH is 4. The van der Waals surface area contributed by atoms with Crippen LogP contribution in [0.2, 0.25) is 0 Å². The lowest BCUT2D eigenvalue weighted by Gasteiger charge is -2.42. The largest absolute Gasteiger partial charge is 0.469 e. The normalized spacial score (nSPS) is 47.6. The van der Waals surface area contributed by atoms with Crippen molar-refractivity contribution in [3.05, 3.63) is 0 Å². The zero-order valence-electron chi connectivity index (χ0n) is 7.15. The third kappa shape index (κ3) is 1.21. The highest BCUT2D eigenvalue weighted by atomic mass is 32.1. The molecule has 0 aromatic carbocycles. The molecule has 0 amide bonds. The molecule has 2 aliphatic rings. The highest BCUT2D eigenvalue weighted by Crippen LogP contribution is 2.28. The van der Waals surface area contributed by atoms with Gasteiger partial charge in [-0.1, -0.05) is 0 Å². The Morgan fingerprint density at radius 2 is 1.79 bits per heavy atom. The molecule has 2 rings (SSSR count). The Bertz CT molecular complexity index is 262. The van der Waals surface area contributed by atoms with Gasteiger partial charge in [0.1, 0.15) is 24.9 Å². The summed E-state index contributed by atoms with van der Waals surface area (Å²) in [6.45, 7) is 0.112. The Labute approximate surface area is 85.3 Å². The summed E-state index contributed by atoms with van der Waals surface area (Å²) in [7, 11) is 0. The summed E-state index contributed by atoms with van der Waals surface area (Å²) < 4.78 is 4.95. The molecular weight excluding hydrogens is 210 g/mol. The van der Waals surface area contributed by atoms with Crippen LogP contribution in [0.3, 0.4) is 0 Å². The van der Waals surface area contributed by atoms with Crippen molar-refractivity contribution >= 4 is 17.4 Å². The van der Waals surface area contributed by atoms with Crippen LogP contribution in [0.1, 0.15) is 0 Å². The average Bonchev–Trinajstić information content (AvgIpc) is 2.54. The molecule has 2 fully saturated rings. The molecular formula is C7H11NO5S. The van der Waals surface area contributed by atoms with Crippen LogP contribution in [0.5, 0.6) is 0 Å². The Balaban J connectivity index is 2.27. The maximum Gasteiger partial charge on any atom is 0.261 e. The fourth-order valence-electron chi connectivity index (χ4n) is 1.78. The summed E-state index contributed by atoms with van der Waals surface area (Å²) in [6.07, 6.45) is -5.32. The van der Waals surface area contributed by atoms with Crippen LogP contribution < -0.4 is 0 Å². The number of ether oxygens (including phenoxy) is 1. The van der Waals surface area contributed by atoms with Crippen LogP contribution in [0, 0.1) is 0 Å². The third-order valence-corrected chi connectivity index (χ3v) is 2.96. The predicted molar refractivity (Wildman–Crippen MR) is 48.2 cm³/mol. The van der Waals surface area contributed by atoms with Crippen molar-refractivity contribution in [2.24, 2.45) is 0 Å². The Morgan fingerprint density at radius 1 is 1.14 bits per heavy atom. The number of rotatable bonds is 0. The topological polar surface area (TPSA) is 93.4 Å². The Morgan fingerprint density at radius 3 is 2.43 bits per heavy atom. The van der Waals surface area contributed by atoms with Crippen LogP contribution in [0.15, 0.2) is 0 Å². The van der Waals surface area contributed by atoms with Gasteiger partial charge in [0.2, 0.25) is 0 Å². The molecule has 0 aromatic heterocycles. The van der Waals surface area contributed by atoms with E-state index >= 15 is 0 Å². The minimum Gasteiger partial charge on any atom is -0.469 e. The first-order valence-electron chi connectivity index (χ1n) is 4.21. The van der Waals surface area contributed by atoms with E-state index in [0.717, 1.165) is 0 Å². The molecule has 2 saturated heterocycles. The molecule has 0 bridgehead atoms. The van der Waals surface area contributed by atoms with Gasteiger partial charge in [-0.05, 0) is 12.2 Å². The van der Waals surface area contributed by atoms with Crippen molar-refractivity contribution in [2.45, 2.75) is 30.6 Å². The van der Waals surface area contributed by atoms with Gasteiger partial charge in [0, 0.05) is 0 Å².